The molecule has 218 valence electrons. The summed E-state index contributed by atoms with van der Waals surface area (Å²) in [6.45, 7) is 15.6. The molecule has 8 heteroatoms. The van der Waals surface area contributed by atoms with Gasteiger partial charge in [-0.2, -0.15) is 0 Å². The van der Waals surface area contributed by atoms with E-state index in [0.29, 0.717) is 24.6 Å². The minimum atomic E-state index is -0.495. The van der Waals surface area contributed by atoms with Crippen LogP contribution in [0.25, 0.3) is 0 Å². The second-order valence-electron chi connectivity index (χ2n) is 9.80. The molecule has 0 heterocycles. The number of benzene rings is 1. The highest BCUT2D eigenvalue weighted by molar-refractivity contribution is 5.88. The lowest BCUT2D eigenvalue weighted by Crippen LogP contribution is -2.27. The summed E-state index contributed by atoms with van der Waals surface area (Å²) < 4.78 is 10.7. The normalized spacial score (nSPS) is 11.1. The summed E-state index contributed by atoms with van der Waals surface area (Å²) in [5, 5.41) is 5.46. The van der Waals surface area contributed by atoms with Crippen molar-refractivity contribution in [1.82, 2.24) is 9.80 Å². The third-order valence-corrected chi connectivity index (χ3v) is 6.61. The fourth-order valence-corrected chi connectivity index (χ4v) is 4.27. The maximum absolute atomic E-state index is 12.2. The molecule has 0 saturated heterocycles. The van der Waals surface area contributed by atoms with E-state index >= 15 is 0 Å². The van der Waals surface area contributed by atoms with Gasteiger partial charge in [-0.1, -0.05) is 72.3 Å². The number of nitrogens with zero attached hydrogens (tertiary/aromatic N) is 2. The molecule has 0 unspecified atom stereocenters. The molecular formula is C30H54N4O4. The van der Waals surface area contributed by atoms with Crippen molar-refractivity contribution in [1.29, 1.82) is 0 Å². The molecule has 1 aromatic rings. The van der Waals surface area contributed by atoms with Crippen LogP contribution < -0.4 is 10.6 Å². The number of rotatable bonds is 22. The fourth-order valence-electron chi connectivity index (χ4n) is 4.27. The molecule has 0 radical (unpaired) electrons. The van der Waals surface area contributed by atoms with Crippen LogP contribution in [0.5, 0.6) is 0 Å². The van der Waals surface area contributed by atoms with Crippen molar-refractivity contribution in [3.05, 3.63) is 24.3 Å². The van der Waals surface area contributed by atoms with Gasteiger partial charge in [-0.15, -0.1) is 0 Å². The Labute approximate surface area is 231 Å². The number of anilines is 2. The Hall–Kier alpha value is -2.32. The van der Waals surface area contributed by atoms with Gasteiger partial charge in [0.2, 0.25) is 0 Å². The van der Waals surface area contributed by atoms with E-state index in [1.165, 1.54) is 51.4 Å². The third-order valence-electron chi connectivity index (χ3n) is 6.61. The summed E-state index contributed by atoms with van der Waals surface area (Å²) in [4.78, 5) is 29.2. The monoisotopic (exact) mass is 534 g/mol. The molecule has 8 nitrogen and oxygen atoms in total. The first-order valence-electron chi connectivity index (χ1n) is 14.9. The van der Waals surface area contributed by atoms with Crippen LogP contribution in [0.1, 0.15) is 91.9 Å². The van der Waals surface area contributed by atoms with E-state index < -0.39 is 12.2 Å². The maximum Gasteiger partial charge on any atom is 0.411 e. The van der Waals surface area contributed by atoms with Crippen molar-refractivity contribution in [3.63, 3.8) is 0 Å². The first kappa shape index (κ1) is 33.7. The molecule has 0 bridgehead atoms. The molecule has 0 fully saturated rings. The maximum atomic E-state index is 12.2. The first-order chi connectivity index (χ1) is 18.5. The standard InChI is InChI=1S/C30H54N4O4/c1-5-9-11-13-20-33(7-3)22-16-24-37-29(35)31-27-18-15-19-28(26-27)32-30(36)38-25-17-23-34(8-4)21-14-12-10-6-2/h15,18-19,26H,5-14,16-17,20-25H2,1-4H3,(H,31,35)(H,32,36). The number of hydrogen-bond acceptors (Lipinski definition) is 6. The van der Waals surface area contributed by atoms with E-state index in [-0.39, 0.29) is 0 Å². The van der Waals surface area contributed by atoms with Gasteiger partial charge in [0.25, 0.3) is 0 Å². The number of hydrogen-bond donors (Lipinski definition) is 2. The molecule has 38 heavy (non-hydrogen) atoms. The van der Waals surface area contributed by atoms with Crippen LogP contribution in [0.15, 0.2) is 24.3 Å². The topological polar surface area (TPSA) is 83.1 Å². The minimum absolute atomic E-state index is 0.371. The zero-order valence-electron chi connectivity index (χ0n) is 24.6. The molecule has 0 atom stereocenters. The Morgan fingerprint density at radius 1 is 0.632 bits per heavy atom. The van der Waals surface area contributed by atoms with Gasteiger partial charge < -0.3 is 19.3 Å². The summed E-state index contributed by atoms with van der Waals surface area (Å²) >= 11 is 0. The lowest BCUT2D eigenvalue weighted by atomic mass is 10.2. The Balaban J connectivity index is 2.26. The van der Waals surface area contributed by atoms with E-state index in [4.69, 9.17) is 9.47 Å². The second-order valence-corrected chi connectivity index (χ2v) is 9.80. The minimum Gasteiger partial charge on any atom is -0.449 e. The van der Waals surface area contributed by atoms with E-state index in [9.17, 15) is 9.59 Å². The van der Waals surface area contributed by atoms with Crippen LogP contribution in [0.3, 0.4) is 0 Å². The average Bonchev–Trinajstić information content (AvgIpc) is 2.91. The van der Waals surface area contributed by atoms with E-state index in [0.717, 1.165) is 52.1 Å². The van der Waals surface area contributed by atoms with E-state index in [2.05, 4.69) is 48.1 Å². The van der Waals surface area contributed by atoms with Crippen LogP contribution in [0, 0.1) is 0 Å². The zero-order chi connectivity index (χ0) is 27.8. The van der Waals surface area contributed by atoms with Gasteiger partial charge >= 0.3 is 12.2 Å². The molecule has 0 saturated carbocycles. The summed E-state index contributed by atoms with van der Waals surface area (Å²) in [6.07, 6.45) is 10.7. The number of carbonyl (C=O) groups excluding carboxylic acids is 2. The van der Waals surface area contributed by atoms with Crippen LogP contribution in [0.2, 0.25) is 0 Å². The van der Waals surface area contributed by atoms with Gasteiger partial charge in [0.1, 0.15) is 0 Å². The highest BCUT2D eigenvalue weighted by atomic mass is 16.6. The van der Waals surface area contributed by atoms with Crippen molar-refractivity contribution in [2.75, 3.05) is 63.1 Å². The fraction of sp³-hybridized carbons (Fsp3) is 0.733. The molecule has 0 aromatic heterocycles. The number of carbonyl (C=O) groups is 2. The molecular weight excluding hydrogens is 480 g/mol. The van der Waals surface area contributed by atoms with Gasteiger partial charge in [0.05, 0.1) is 13.2 Å². The highest BCUT2D eigenvalue weighted by Gasteiger charge is 2.09. The largest absolute Gasteiger partial charge is 0.449 e. The Morgan fingerprint density at radius 3 is 1.45 bits per heavy atom. The smallest absolute Gasteiger partial charge is 0.411 e. The van der Waals surface area contributed by atoms with E-state index in [1.807, 2.05) is 0 Å². The number of ether oxygens (including phenoxy) is 2. The predicted molar refractivity (Wildman–Crippen MR) is 158 cm³/mol. The lowest BCUT2D eigenvalue weighted by Gasteiger charge is -2.20. The third kappa shape index (κ3) is 17.2. The summed E-state index contributed by atoms with van der Waals surface area (Å²) in [5.74, 6) is 0. The summed E-state index contributed by atoms with van der Waals surface area (Å²) in [6, 6.07) is 6.97. The van der Waals surface area contributed by atoms with Gasteiger partial charge in [0, 0.05) is 24.5 Å². The molecule has 1 rings (SSSR count). The van der Waals surface area contributed by atoms with Crippen LogP contribution in [0.4, 0.5) is 21.0 Å². The lowest BCUT2D eigenvalue weighted by molar-refractivity contribution is 0.151. The van der Waals surface area contributed by atoms with Crippen LogP contribution >= 0.6 is 0 Å². The molecule has 0 aliphatic heterocycles. The molecule has 0 spiro atoms. The van der Waals surface area contributed by atoms with Crippen molar-refractivity contribution >= 4 is 23.6 Å². The van der Waals surface area contributed by atoms with Gasteiger partial charge in [-0.25, -0.2) is 9.59 Å². The Morgan fingerprint density at radius 2 is 1.05 bits per heavy atom. The highest BCUT2D eigenvalue weighted by Crippen LogP contribution is 2.16. The zero-order valence-corrected chi connectivity index (χ0v) is 24.6. The number of nitrogens with one attached hydrogen (secondary N) is 2. The molecule has 2 N–H and O–H groups in total. The second kappa shape index (κ2) is 22.6. The molecule has 1 aromatic carbocycles. The Kier molecular flexibility index (Phi) is 20.1. The van der Waals surface area contributed by atoms with Crippen LogP contribution in [-0.4, -0.2) is 74.5 Å². The van der Waals surface area contributed by atoms with Gasteiger partial charge in [-0.05, 0) is 70.1 Å². The molecule has 2 amide bonds. The van der Waals surface area contributed by atoms with Crippen LogP contribution in [-0.2, 0) is 9.47 Å². The van der Waals surface area contributed by atoms with Gasteiger partial charge in [0.15, 0.2) is 0 Å². The number of unbranched alkanes of at least 4 members (excludes halogenated alkanes) is 6. The SMILES string of the molecule is CCCCCCN(CC)CCCOC(=O)Nc1cccc(NC(=O)OCCCN(CC)CCCCCC)c1. The number of amides is 2. The van der Waals surface area contributed by atoms with Gasteiger partial charge in [-0.3, -0.25) is 10.6 Å². The average molecular weight is 535 g/mol. The Bertz CT molecular complexity index is 689. The van der Waals surface area contributed by atoms with Crippen molar-refractivity contribution in [2.24, 2.45) is 0 Å². The summed E-state index contributed by atoms with van der Waals surface area (Å²) in [7, 11) is 0. The predicted octanol–water partition coefficient (Wildman–Crippen LogP) is 7.37. The van der Waals surface area contributed by atoms with Crippen molar-refractivity contribution in [3.8, 4) is 0 Å². The van der Waals surface area contributed by atoms with Crippen molar-refractivity contribution < 1.29 is 19.1 Å². The molecule has 0 aliphatic carbocycles. The van der Waals surface area contributed by atoms with Crippen molar-refractivity contribution in [2.45, 2.75) is 91.9 Å². The summed E-state index contributed by atoms with van der Waals surface area (Å²) in [5.41, 5.74) is 1.11. The van der Waals surface area contributed by atoms with E-state index in [1.54, 1.807) is 24.3 Å². The molecule has 0 aliphatic rings. The quantitative estimate of drug-likeness (QED) is 0.151. The first-order valence-corrected chi connectivity index (χ1v) is 14.9.